The number of hydrogen-bond donors (Lipinski definition) is 1. The number of carbonyl (C=O) groups is 1. The summed E-state index contributed by atoms with van der Waals surface area (Å²) in [6, 6.07) is 13.4. The fourth-order valence-electron chi connectivity index (χ4n) is 3.50. The highest BCUT2D eigenvalue weighted by Crippen LogP contribution is 2.24. The third-order valence-corrected chi connectivity index (χ3v) is 4.99. The number of nitrogens with zero attached hydrogens (tertiary/aromatic N) is 6. The fraction of sp³-hybridized carbons (Fsp3) is 0.0870. The lowest BCUT2D eigenvalue weighted by Crippen LogP contribution is -2.17. The number of hydrogen-bond acceptors (Lipinski definition) is 5. The molecule has 8 nitrogen and oxygen atoms in total. The summed E-state index contributed by atoms with van der Waals surface area (Å²) >= 11 is 0. The van der Waals surface area contributed by atoms with Crippen LogP contribution in [0.4, 0.5) is 14.6 Å². The lowest BCUT2D eigenvalue weighted by atomic mass is 10.1. The van der Waals surface area contributed by atoms with Gasteiger partial charge in [-0.2, -0.15) is 14.9 Å². The first-order valence-electron chi connectivity index (χ1n) is 10.0. The average Bonchev–Trinajstić information content (AvgIpc) is 3.39. The third-order valence-electron chi connectivity index (χ3n) is 4.99. The summed E-state index contributed by atoms with van der Waals surface area (Å²) in [5, 5.41) is 12.3. The van der Waals surface area contributed by atoms with Gasteiger partial charge >= 0.3 is 0 Å². The van der Waals surface area contributed by atoms with Crippen LogP contribution in [0.5, 0.6) is 0 Å². The molecule has 1 N–H and O–H groups in total. The predicted octanol–water partition coefficient (Wildman–Crippen LogP) is 3.77. The summed E-state index contributed by atoms with van der Waals surface area (Å²) < 4.78 is 29.5. The van der Waals surface area contributed by atoms with Crippen molar-refractivity contribution < 1.29 is 13.6 Å². The number of halogens is 2. The molecule has 3 heterocycles. The van der Waals surface area contributed by atoms with Gasteiger partial charge in [-0.3, -0.25) is 4.79 Å². The molecule has 3 aromatic heterocycles. The monoisotopic (exact) mass is 445 g/mol. The van der Waals surface area contributed by atoms with Crippen molar-refractivity contribution in [2.24, 2.45) is 0 Å². The van der Waals surface area contributed by atoms with Crippen molar-refractivity contribution in [2.75, 3.05) is 5.32 Å². The lowest BCUT2D eigenvalue weighted by molar-refractivity contribution is -0.115. The molecule has 10 heteroatoms. The summed E-state index contributed by atoms with van der Waals surface area (Å²) in [4.78, 5) is 21.3. The Labute approximate surface area is 186 Å². The molecule has 0 fully saturated rings. The van der Waals surface area contributed by atoms with E-state index in [2.05, 4.69) is 25.5 Å². The van der Waals surface area contributed by atoms with Crippen LogP contribution in [0.1, 0.15) is 11.3 Å². The predicted molar refractivity (Wildman–Crippen MR) is 117 cm³/mol. The van der Waals surface area contributed by atoms with E-state index in [1.54, 1.807) is 48.1 Å². The molecule has 2 aromatic carbocycles. The molecule has 0 spiro atoms. The van der Waals surface area contributed by atoms with Crippen LogP contribution < -0.4 is 5.32 Å². The smallest absolute Gasteiger partial charge is 0.229 e. The zero-order valence-electron chi connectivity index (χ0n) is 17.4. The molecule has 1 amide bonds. The molecule has 0 saturated heterocycles. The maximum atomic E-state index is 13.3. The van der Waals surface area contributed by atoms with Crippen molar-refractivity contribution in [3.05, 3.63) is 90.0 Å². The third kappa shape index (κ3) is 4.05. The zero-order valence-corrected chi connectivity index (χ0v) is 17.4. The topological polar surface area (TPSA) is 90.5 Å². The van der Waals surface area contributed by atoms with Gasteiger partial charge in [-0.15, -0.1) is 0 Å². The SMILES string of the molecule is Cc1cc(NC(=O)Cc2ccc(F)cc2)n(-c2ncnc3c2cnn3-c2ccc(F)cc2)n1. The van der Waals surface area contributed by atoms with Gasteiger partial charge in [0.25, 0.3) is 0 Å². The number of amides is 1. The van der Waals surface area contributed by atoms with Gasteiger partial charge in [0.2, 0.25) is 5.91 Å². The van der Waals surface area contributed by atoms with Crippen molar-refractivity contribution >= 4 is 22.8 Å². The van der Waals surface area contributed by atoms with Gasteiger partial charge in [-0.25, -0.2) is 23.4 Å². The van der Waals surface area contributed by atoms with E-state index in [-0.39, 0.29) is 24.0 Å². The van der Waals surface area contributed by atoms with Gasteiger partial charge < -0.3 is 5.32 Å². The Hall–Kier alpha value is -4.47. The summed E-state index contributed by atoms with van der Waals surface area (Å²) in [6.07, 6.45) is 3.04. The van der Waals surface area contributed by atoms with Gasteiger partial charge in [0.15, 0.2) is 11.5 Å². The number of aromatic nitrogens is 6. The highest BCUT2D eigenvalue weighted by molar-refractivity contribution is 5.92. The van der Waals surface area contributed by atoms with Gasteiger partial charge in [0, 0.05) is 6.07 Å². The Balaban J connectivity index is 1.49. The lowest BCUT2D eigenvalue weighted by Gasteiger charge is -2.09. The molecule has 33 heavy (non-hydrogen) atoms. The van der Waals surface area contributed by atoms with Crippen molar-refractivity contribution in [1.29, 1.82) is 0 Å². The summed E-state index contributed by atoms with van der Waals surface area (Å²) in [7, 11) is 0. The van der Waals surface area contributed by atoms with E-state index in [1.807, 2.05) is 0 Å². The van der Waals surface area contributed by atoms with Crippen molar-refractivity contribution in [2.45, 2.75) is 13.3 Å². The zero-order chi connectivity index (χ0) is 22.9. The Morgan fingerprint density at radius 3 is 2.39 bits per heavy atom. The summed E-state index contributed by atoms with van der Waals surface area (Å²) in [5.41, 5.74) is 2.50. The van der Waals surface area contributed by atoms with Crippen LogP contribution in [0.2, 0.25) is 0 Å². The molecule has 0 saturated carbocycles. The number of carbonyl (C=O) groups excluding carboxylic acids is 1. The molecule has 0 aliphatic heterocycles. The number of benzene rings is 2. The summed E-state index contributed by atoms with van der Waals surface area (Å²) in [5.74, 6) is -0.136. The van der Waals surface area contributed by atoms with Gasteiger partial charge in [0.1, 0.15) is 23.8 Å². The van der Waals surface area contributed by atoms with Crippen LogP contribution in [-0.4, -0.2) is 35.4 Å². The van der Waals surface area contributed by atoms with E-state index in [1.165, 1.54) is 35.3 Å². The van der Waals surface area contributed by atoms with Gasteiger partial charge in [-0.1, -0.05) is 12.1 Å². The van der Waals surface area contributed by atoms with Crippen LogP contribution in [0.15, 0.2) is 67.1 Å². The quantitative estimate of drug-likeness (QED) is 0.445. The van der Waals surface area contributed by atoms with E-state index in [0.717, 1.165) is 0 Å². The molecule has 0 aliphatic carbocycles. The van der Waals surface area contributed by atoms with Gasteiger partial charge in [-0.05, 0) is 48.9 Å². The minimum Gasteiger partial charge on any atom is -0.310 e. The molecule has 0 bridgehead atoms. The van der Waals surface area contributed by atoms with Crippen LogP contribution in [-0.2, 0) is 11.2 Å². The van der Waals surface area contributed by atoms with Gasteiger partial charge in [0.05, 0.1) is 29.4 Å². The second-order valence-corrected chi connectivity index (χ2v) is 7.40. The van der Waals surface area contributed by atoms with E-state index in [9.17, 15) is 13.6 Å². The van der Waals surface area contributed by atoms with Crippen LogP contribution in [0.25, 0.3) is 22.5 Å². The van der Waals surface area contributed by atoms with E-state index in [0.29, 0.717) is 39.6 Å². The molecule has 0 radical (unpaired) electrons. The van der Waals surface area contributed by atoms with E-state index >= 15 is 0 Å². The Morgan fingerprint density at radius 2 is 1.67 bits per heavy atom. The minimum atomic E-state index is -0.359. The number of rotatable bonds is 5. The average molecular weight is 445 g/mol. The minimum absolute atomic E-state index is 0.0756. The van der Waals surface area contributed by atoms with E-state index in [4.69, 9.17) is 0 Å². The number of aryl methyl sites for hydroxylation is 1. The van der Waals surface area contributed by atoms with Crippen LogP contribution >= 0.6 is 0 Å². The first-order chi connectivity index (χ1) is 16.0. The standard InChI is InChI=1S/C23H17F2N7O/c1-14-10-20(29-21(33)11-15-2-4-16(24)5-3-15)32(30-14)23-19-12-28-31(22(19)26-13-27-23)18-8-6-17(25)7-9-18/h2-10,12-13H,11H2,1H3,(H,29,33). The normalized spacial score (nSPS) is 11.1. The molecule has 164 valence electrons. The maximum Gasteiger partial charge on any atom is 0.229 e. The Kier molecular flexibility index (Phi) is 5.09. The highest BCUT2D eigenvalue weighted by atomic mass is 19.1. The number of fused-ring (bicyclic) bond motifs is 1. The van der Waals surface area contributed by atoms with Crippen molar-refractivity contribution in [3.63, 3.8) is 0 Å². The Morgan fingerprint density at radius 1 is 0.970 bits per heavy atom. The highest BCUT2D eigenvalue weighted by Gasteiger charge is 2.18. The first-order valence-corrected chi connectivity index (χ1v) is 10.0. The van der Waals surface area contributed by atoms with Crippen LogP contribution in [0, 0.1) is 18.6 Å². The van der Waals surface area contributed by atoms with Crippen LogP contribution in [0.3, 0.4) is 0 Å². The van der Waals surface area contributed by atoms with E-state index < -0.39 is 0 Å². The Bertz CT molecular complexity index is 1460. The number of nitrogens with one attached hydrogen (secondary N) is 1. The molecule has 0 unspecified atom stereocenters. The number of anilines is 1. The molecule has 5 aromatic rings. The molecular formula is C23H17F2N7O. The second kappa shape index (κ2) is 8.23. The van der Waals surface area contributed by atoms with Crippen molar-refractivity contribution in [3.8, 4) is 11.5 Å². The fourth-order valence-corrected chi connectivity index (χ4v) is 3.50. The summed E-state index contributed by atoms with van der Waals surface area (Å²) in [6.45, 7) is 1.80. The first kappa shape index (κ1) is 20.4. The molecular weight excluding hydrogens is 428 g/mol. The largest absolute Gasteiger partial charge is 0.310 e. The van der Waals surface area contributed by atoms with Crippen molar-refractivity contribution in [1.82, 2.24) is 29.5 Å². The molecule has 0 aliphatic rings. The maximum absolute atomic E-state index is 13.3. The second-order valence-electron chi connectivity index (χ2n) is 7.40. The molecule has 5 rings (SSSR count). The molecule has 0 atom stereocenters.